The number of ketones is 1. The lowest BCUT2D eigenvalue weighted by molar-refractivity contribution is 0.104. The van der Waals surface area contributed by atoms with Crippen LogP contribution in [-0.4, -0.2) is 10.9 Å². The van der Waals surface area contributed by atoms with Crippen molar-refractivity contribution >= 4 is 27.2 Å². The van der Waals surface area contributed by atoms with Gasteiger partial charge in [0.1, 0.15) is 5.75 Å². The van der Waals surface area contributed by atoms with Crippen molar-refractivity contribution in [3.05, 3.63) is 88.8 Å². The largest absolute Gasteiger partial charge is 0.508 e. The monoisotopic (exact) mass is 344 g/mol. The zero-order valence-electron chi connectivity index (χ0n) is 13.7. The standard InChI is InChI=1S/C22H16O2S/c1-14-7-5-6-10-17(14)21(24)22-20(15-8-3-2-4-9-15)18-12-11-16(23)13-19(18)25-22/h2-13,23H,1H3. The third-order valence-corrected chi connectivity index (χ3v) is 5.48. The van der Waals surface area contributed by atoms with Crippen LogP contribution >= 0.6 is 11.3 Å². The summed E-state index contributed by atoms with van der Waals surface area (Å²) in [6.07, 6.45) is 0. The Morgan fingerprint density at radius 3 is 2.40 bits per heavy atom. The smallest absolute Gasteiger partial charge is 0.203 e. The number of phenolic OH excluding ortho intramolecular Hbond substituents is 1. The van der Waals surface area contributed by atoms with E-state index in [2.05, 4.69) is 0 Å². The van der Waals surface area contributed by atoms with E-state index in [4.69, 9.17) is 0 Å². The van der Waals surface area contributed by atoms with E-state index in [0.29, 0.717) is 4.88 Å². The third-order valence-electron chi connectivity index (χ3n) is 4.33. The van der Waals surface area contributed by atoms with Crippen molar-refractivity contribution in [3.8, 4) is 16.9 Å². The normalized spacial score (nSPS) is 10.9. The molecule has 0 fully saturated rings. The highest BCUT2D eigenvalue weighted by atomic mass is 32.1. The second-order valence-corrected chi connectivity index (χ2v) is 7.05. The molecular weight excluding hydrogens is 328 g/mol. The summed E-state index contributed by atoms with van der Waals surface area (Å²) in [6.45, 7) is 1.95. The number of hydrogen-bond donors (Lipinski definition) is 1. The van der Waals surface area contributed by atoms with Crippen molar-refractivity contribution in [2.75, 3.05) is 0 Å². The number of aryl methyl sites for hydroxylation is 1. The van der Waals surface area contributed by atoms with Gasteiger partial charge in [-0.1, -0.05) is 54.6 Å². The predicted molar refractivity (Wildman–Crippen MR) is 104 cm³/mol. The molecule has 4 aromatic rings. The first-order valence-electron chi connectivity index (χ1n) is 8.06. The van der Waals surface area contributed by atoms with Crippen LogP contribution in [0.3, 0.4) is 0 Å². The number of rotatable bonds is 3. The van der Waals surface area contributed by atoms with Gasteiger partial charge in [0.2, 0.25) is 5.78 Å². The zero-order chi connectivity index (χ0) is 17.4. The van der Waals surface area contributed by atoms with Gasteiger partial charge in [-0.3, -0.25) is 4.79 Å². The second-order valence-electron chi connectivity index (χ2n) is 6.00. The maximum Gasteiger partial charge on any atom is 0.203 e. The highest BCUT2D eigenvalue weighted by molar-refractivity contribution is 7.21. The average Bonchev–Trinajstić information content (AvgIpc) is 3.00. The minimum atomic E-state index is 0.0256. The Bertz CT molecular complexity index is 1080. The Hall–Kier alpha value is -2.91. The molecule has 1 N–H and O–H groups in total. The Balaban J connectivity index is 2.00. The first-order valence-corrected chi connectivity index (χ1v) is 8.88. The van der Waals surface area contributed by atoms with Gasteiger partial charge >= 0.3 is 0 Å². The maximum absolute atomic E-state index is 13.3. The molecule has 0 amide bonds. The summed E-state index contributed by atoms with van der Waals surface area (Å²) in [6, 6.07) is 22.9. The van der Waals surface area contributed by atoms with Crippen molar-refractivity contribution in [1.82, 2.24) is 0 Å². The summed E-state index contributed by atoms with van der Waals surface area (Å²) in [4.78, 5) is 14.0. The Morgan fingerprint density at radius 2 is 1.64 bits per heavy atom. The van der Waals surface area contributed by atoms with E-state index in [0.717, 1.165) is 32.3 Å². The number of carbonyl (C=O) groups excluding carboxylic acids is 1. The molecule has 0 atom stereocenters. The Labute approximate surface area is 150 Å². The Morgan fingerprint density at radius 1 is 0.920 bits per heavy atom. The van der Waals surface area contributed by atoms with Gasteiger partial charge in [0, 0.05) is 21.2 Å². The minimum Gasteiger partial charge on any atom is -0.508 e. The van der Waals surface area contributed by atoms with Crippen LogP contribution in [0, 0.1) is 6.92 Å². The van der Waals surface area contributed by atoms with Crippen molar-refractivity contribution in [1.29, 1.82) is 0 Å². The molecule has 3 aromatic carbocycles. The number of benzene rings is 3. The zero-order valence-corrected chi connectivity index (χ0v) is 14.5. The molecule has 4 rings (SSSR count). The molecule has 1 heterocycles. The van der Waals surface area contributed by atoms with Crippen LogP contribution < -0.4 is 0 Å². The molecule has 0 saturated carbocycles. The van der Waals surface area contributed by atoms with E-state index >= 15 is 0 Å². The van der Waals surface area contributed by atoms with Crippen LogP contribution in [0.5, 0.6) is 5.75 Å². The van der Waals surface area contributed by atoms with E-state index in [1.807, 2.05) is 67.6 Å². The molecule has 0 radical (unpaired) electrons. The number of thiophene rings is 1. The van der Waals surface area contributed by atoms with E-state index in [1.54, 1.807) is 12.1 Å². The van der Waals surface area contributed by atoms with Gasteiger partial charge in [0.25, 0.3) is 0 Å². The maximum atomic E-state index is 13.3. The average molecular weight is 344 g/mol. The topological polar surface area (TPSA) is 37.3 Å². The van der Waals surface area contributed by atoms with Gasteiger partial charge in [-0.15, -0.1) is 11.3 Å². The van der Waals surface area contributed by atoms with Gasteiger partial charge in [0.05, 0.1) is 4.88 Å². The summed E-state index contributed by atoms with van der Waals surface area (Å²) in [5, 5.41) is 10.8. The molecule has 2 nitrogen and oxygen atoms in total. The fourth-order valence-electron chi connectivity index (χ4n) is 3.09. The fourth-order valence-corrected chi connectivity index (χ4v) is 4.30. The summed E-state index contributed by atoms with van der Waals surface area (Å²) < 4.78 is 0.913. The van der Waals surface area contributed by atoms with Gasteiger partial charge in [-0.25, -0.2) is 0 Å². The van der Waals surface area contributed by atoms with Gasteiger partial charge in [0.15, 0.2) is 0 Å². The Kier molecular flexibility index (Phi) is 3.86. The minimum absolute atomic E-state index is 0.0256. The summed E-state index contributed by atoms with van der Waals surface area (Å²) >= 11 is 1.44. The number of carbonyl (C=O) groups is 1. The van der Waals surface area contributed by atoms with Crippen LogP contribution in [-0.2, 0) is 0 Å². The first kappa shape index (κ1) is 15.6. The summed E-state index contributed by atoms with van der Waals surface area (Å²) in [7, 11) is 0. The summed E-state index contributed by atoms with van der Waals surface area (Å²) in [5.41, 5.74) is 3.63. The second kappa shape index (κ2) is 6.19. The molecule has 25 heavy (non-hydrogen) atoms. The van der Waals surface area contributed by atoms with Crippen LogP contribution in [0.25, 0.3) is 21.2 Å². The highest BCUT2D eigenvalue weighted by Gasteiger charge is 2.22. The fraction of sp³-hybridized carbons (Fsp3) is 0.0455. The van der Waals surface area contributed by atoms with Crippen LogP contribution in [0.2, 0.25) is 0 Å². The number of phenols is 1. The van der Waals surface area contributed by atoms with Gasteiger partial charge in [-0.2, -0.15) is 0 Å². The van der Waals surface area contributed by atoms with Crippen LogP contribution in [0.15, 0.2) is 72.8 Å². The SMILES string of the molecule is Cc1ccccc1C(=O)c1sc2cc(O)ccc2c1-c1ccccc1. The molecule has 3 heteroatoms. The number of hydrogen-bond acceptors (Lipinski definition) is 3. The van der Waals surface area contributed by atoms with Gasteiger partial charge < -0.3 is 5.11 Å². The lowest BCUT2D eigenvalue weighted by atomic mass is 9.96. The van der Waals surface area contributed by atoms with Crippen LogP contribution in [0.1, 0.15) is 20.8 Å². The van der Waals surface area contributed by atoms with E-state index in [9.17, 15) is 9.90 Å². The van der Waals surface area contributed by atoms with E-state index < -0.39 is 0 Å². The van der Waals surface area contributed by atoms with E-state index in [1.165, 1.54) is 11.3 Å². The van der Waals surface area contributed by atoms with Crippen molar-refractivity contribution in [2.45, 2.75) is 6.92 Å². The first-order chi connectivity index (χ1) is 12.1. The molecule has 122 valence electrons. The molecule has 0 unspecified atom stereocenters. The van der Waals surface area contributed by atoms with Gasteiger partial charge in [-0.05, 0) is 36.2 Å². The lowest BCUT2D eigenvalue weighted by Gasteiger charge is -2.07. The number of fused-ring (bicyclic) bond motifs is 1. The third kappa shape index (κ3) is 2.73. The van der Waals surface area contributed by atoms with Crippen LogP contribution in [0.4, 0.5) is 0 Å². The molecule has 0 spiro atoms. The van der Waals surface area contributed by atoms with Crippen molar-refractivity contribution < 1.29 is 9.90 Å². The van der Waals surface area contributed by atoms with E-state index in [-0.39, 0.29) is 11.5 Å². The quantitative estimate of drug-likeness (QED) is 0.476. The van der Waals surface area contributed by atoms with Crippen molar-refractivity contribution in [2.24, 2.45) is 0 Å². The molecule has 0 aliphatic rings. The number of aromatic hydroxyl groups is 1. The molecule has 0 saturated heterocycles. The molecule has 1 aromatic heterocycles. The molecule has 0 aliphatic carbocycles. The highest BCUT2D eigenvalue weighted by Crippen LogP contribution is 2.41. The van der Waals surface area contributed by atoms with Crippen molar-refractivity contribution in [3.63, 3.8) is 0 Å². The summed E-state index contributed by atoms with van der Waals surface area (Å²) in [5.74, 6) is 0.237. The molecular formula is C22H16O2S. The molecule has 0 bridgehead atoms. The predicted octanol–water partition coefficient (Wildman–Crippen LogP) is 5.81. The molecule has 0 aliphatic heterocycles. The lowest BCUT2D eigenvalue weighted by Crippen LogP contribution is -2.02.